The van der Waals surface area contributed by atoms with E-state index in [4.69, 9.17) is 5.11 Å². The third-order valence-corrected chi connectivity index (χ3v) is 2.44. The maximum Gasteiger partial charge on any atom is 0.326 e. The van der Waals surface area contributed by atoms with Gasteiger partial charge in [0, 0.05) is 5.41 Å². The molecule has 2 amide bonds. The van der Waals surface area contributed by atoms with Crippen LogP contribution in [-0.4, -0.2) is 35.0 Å². The lowest BCUT2D eigenvalue weighted by molar-refractivity contribution is -0.142. The largest absolute Gasteiger partial charge is 0.480 e. The summed E-state index contributed by atoms with van der Waals surface area (Å²) < 4.78 is 0. The van der Waals surface area contributed by atoms with E-state index in [1.54, 1.807) is 27.7 Å². The maximum absolute atomic E-state index is 11.7. The standard InChI is InChI=1S/C12H22N2O4/c1-6-8(10(16)17)14-9(15)7(2)13-11(18)12(3,4)5/h7-8H,6H2,1-5H3,(H,13,18)(H,14,15)(H,16,17)/t7?,8-/m1/s1. The minimum Gasteiger partial charge on any atom is -0.480 e. The second-order valence-corrected chi connectivity index (χ2v) is 5.25. The van der Waals surface area contributed by atoms with Gasteiger partial charge in [0.2, 0.25) is 11.8 Å². The normalized spacial score (nSPS) is 14.5. The highest BCUT2D eigenvalue weighted by molar-refractivity contribution is 5.91. The molecule has 0 aliphatic carbocycles. The molecule has 0 spiro atoms. The van der Waals surface area contributed by atoms with Crippen LogP contribution in [0.25, 0.3) is 0 Å². The first-order valence-corrected chi connectivity index (χ1v) is 5.93. The van der Waals surface area contributed by atoms with E-state index >= 15 is 0 Å². The Bertz CT molecular complexity index is 333. The molecule has 0 heterocycles. The van der Waals surface area contributed by atoms with Gasteiger partial charge in [-0.15, -0.1) is 0 Å². The maximum atomic E-state index is 11.7. The Morgan fingerprint density at radius 1 is 1.17 bits per heavy atom. The van der Waals surface area contributed by atoms with Gasteiger partial charge < -0.3 is 15.7 Å². The van der Waals surface area contributed by atoms with Crippen LogP contribution in [0.4, 0.5) is 0 Å². The lowest BCUT2D eigenvalue weighted by atomic mass is 9.95. The van der Waals surface area contributed by atoms with Gasteiger partial charge in [-0.25, -0.2) is 4.79 Å². The van der Waals surface area contributed by atoms with Crippen molar-refractivity contribution < 1.29 is 19.5 Å². The van der Waals surface area contributed by atoms with Crippen LogP contribution >= 0.6 is 0 Å². The molecule has 1 unspecified atom stereocenters. The van der Waals surface area contributed by atoms with Gasteiger partial charge in [0.15, 0.2) is 0 Å². The Morgan fingerprint density at radius 3 is 2.00 bits per heavy atom. The van der Waals surface area contributed by atoms with Crippen LogP contribution in [0.15, 0.2) is 0 Å². The Labute approximate surface area is 107 Å². The first-order chi connectivity index (χ1) is 8.09. The molecule has 18 heavy (non-hydrogen) atoms. The summed E-state index contributed by atoms with van der Waals surface area (Å²) in [7, 11) is 0. The van der Waals surface area contributed by atoms with Crippen molar-refractivity contribution in [2.24, 2.45) is 5.41 Å². The van der Waals surface area contributed by atoms with Crippen molar-refractivity contribution in [1.29, 1.82) is 0 Å². The molecule has 0 aromatic rings. The van der Waals surface area contributed by atoms with Crippen molar-refractivity contribution in [2.75, 3.05) is 0 Å². The van der Waals surface area contributed by atoms with Gasteiger partial charge >= 0.3 is 5.97 Å². The number of hydrogen-bond donors (Lipinski definition) is 3. The molecule has 0 aromatic heterocycles. The summed E-state index contributed by atoms with van der Waals surface area (Å²) in [6, 6.07) is -1.68. The predicted molar refractivity (Wildman–Crippen MR) is 66.9 cm³/mol. The summed E-state index contributed by atoms with van der Waals surface area (Å²) in [6.07, 6.45) is 0.293. The number of amides is 2. The molecule has 0 aromatic carbocycles. The highest BCUT2D eigenvalue weighted by atomic mass is 16.4. The fourth-order valence-corrected chi connectivity index (χ4v) is 1.11. The number of carboxylic acids is 1. The zero-order valence-corrected chi connectivity index (χ0v) is 11.5. The minimum absolute atomic E-state index is 0.256. The van der Waals surface area contributed by atoms with E-state index in [2.05, 4.69) is 10.6 Å². The van der Waals surface area contributed by atoms with Gasteiger partial charge in [0.1, 0.15) is 12.1 Å². The molecule has 0 radical (unpaired) electrons. The molecular formula is C12H22N2O4. The number of rotatable bonds is 5. The summed E-state index contributed by atoms with van der Waals surface area (Å²) in [4.78, 5) is 34.1. The van der Waals surface area contributed by atoms with Gasteiger partial charge in [0.05, 0.1) is 0 Å². The second kappa shape index (κ2) is 6.37. The molecule has 104 valence electrons. The van der Waals surface area contributed by atoms with Crippen molar-refractivity contribution in [3.63, 3.8) is 0 Å². The summed E-state index contributed by atoms with van der Waals surface area (Å²) in [5, 5.41) is 13.7. The van der Waals surface area contributed by atoms with Crippen LogP contribution in [0.3, 0.4) is 0 Å². The van der Waals surface area contributed by atoms with E-state index in [1.807, 2.05) is 0 Å². The third-order valence-electron chi connectivity index (χ3n) is 2.44. The number of carboxylic acid groups (broad SMARTS) is 1. The monoisotopic (exact) mass is 258 g/mol. The number of nitrogens with one attached hydrogen (secondary N) is 2. The summed E-state index contributed by atoms with van der Waals surface area (Å²) >= 11 is 0. The highest BCUT2D eigenvalue weighted by Gasteiger charge is 2.26. The smallest absolute Gasteiger partial charge is 0.326 e. The summed E-state index contributed by atoms with van der Waals surface area (Å²) in [5.41, 5.74) is -0.592. The lowest BCUT2D eigenvalue weighted by Gasteiger charge is -2.22. The number of aliphatic carboxylic acids is 1. The van der Waals surface area contributed by atoms with Crippen LogP contribution in [0.5, 0.6) is 0 Å². The zero-order chi connectivity index (χ0) is 14.5. The van der Waals surface area contributed by atoms with Gasteiger partial charge in [-0.2, -0.15) is 0 Å². The molecule has 0 rings (SSSR count). The van der Waals surface area contributed by atoms with Gasteiger partial charge in [-0.1, -0.05) is 27.7 Å². The number of hydrogen-bond acceptors (Lipinski definition) is 3. The minimum atomic E-state index is -1.08. The van der Waals surface area contributed by atoms with E-state index in [9.17, 15) is 14.4 Å². The Kier molecular flexibility index (Phi) is 5.81. The molecule has 0 aliphatic heterocycles. The first kappa shape index (κ1) is 16.4. The SMILES string of the molecule is CC[C@@H](NC(=O)C(C)NC(=O)C(C)(C)C)C(=O)O. The quantitative estimate of drug-likeness (QED) is 0.669. The molecular weight excluding hydrogens is 236 g/mol. The Morgan fingerprint density at radius 2 is 1.67 bits per heavy atom. The van der Waals surface area contributed by atoms with E-state index in [0.29, 0.717) is 6.42 Å². The van der Waals surface area contributed by atoms with Gasteiger partial charge in [-0.3, -0.25) is 9.59 Å². The fourth-order valence-electron chi connectivity index (χ4n) is 1.11. The second-order valence-electron chi connectivity index (χ2n) is 5.25. The zero-order valence-electron chi connectivity index (χ0n) is 11.5. The van der Waals surface area contributed by atoms with E-state index in [1.165, 1.54) is 6.92 Å². The average molecular weight is 258 g/mol. The Balaban J connectivity index is 4.44. The molecule has 0 saturated heterocycles. The van der Waals surface area contributed by atoms with Crippen molar-refractivity contribution in [2.45, 2.75) is 53.1 Å². The first-order valence-electron chi connectivity index (χ1n) is 5.93. The van der Waals surface area contributed by atoms with Crippen molar-refractivity contribution in [1.82, 2.24) is 10.6 Å². The Hall–Kier alpha value is -1.59. The molecule has 0 aliphatic rings. The highest BCUT2D eigenvalue weighted by Crippen LogP contribution is 2.12. The molecule has 0 fully saturated rings. The van der Waals surface area contributed by atoms with Crippen LogP contribution < -0.4 is 10.6 Å². The third kappa shape index (κ3) is 5.16. The van der Waals surface area contributed by atoms with Crippen LogP contribution in [0.2, 0.25) is 0 Å². The van der Waals surface area contributed by atoms with Crippen LogP contribution in [-0.2, 0) is 14.4 Å². The molecule has 3 N–H and O–H groups in total. The predicted octanol–water partition coefficient (Wildman–Crippen LogP) is 0.517. The van der Waals surface area contributed by atoms with Crippen molar-refractivity contribution in [3.8, 4) is 0 Å². The lowest BCUT2D eigenvalue weighted by Crippen LogP contribution is -2.51. The van der Waals surface area contributed by atoms with Crippen molar-refractivity contribution >= 4 is 17.8 Å². The van der Waals surface area contributed by atoms with Crippen LogP contribution in [0.1, 0.15) is 41.0 Å². The average Bonchev–Trinajstić information content (AvgIpc) is 2.23. The topological polar surface area (TPSA) is 95.5 Å². The molecule has 6 nitrogen and oxygen atoms in total. The van der Waals surface area contributed by atoms with E-state index in [0.717, 1.165) is 0 Å². The molecule has 2 atom stereocenters. The van der Waals surface area contributed by atoms with Gasteiger partial charge in [0.25, 0.3) is 0 Å². The molecule has 0 bridgehead atoms. The molecule has 6 heteroatoms. The van der Waals surface area contributed by atoms with Crippen molar-refractivity contribution in [3.05, 3.63) is 0 Å². The fraction of sp³-hybridized carbons (Fsp3) is 0.750. The van der Waals surface area contributed by atoms with Gasteiger partial charge in [-0.05, 0) is 13.3 Å². The van der Waals surface area contributed by atoms with E-state index in [-0.39, 0.29) is 5.91 Å². The van der Waals surface area contributed by atoms with Crippen LogP contribution in [0, 0.1) is 5.41 Å². The van der Waals surface area contributed by atoms with E-state index < -0.39 is 29.4 Å². The summed E-state index contributed by atoms with van der Waals surface area (Å²) in [5.74, 6) is -1.84. The number of carbonyl (C=O) groups excluding carboxylic acids is 2. The summed E-state index contributed by atoms with van der Waals surface area (Å²) in [6.45, 7) is 8.39. The molecule has 0 saturated carbocycles. The number of carbonyl (C=O) groups is 3.